The molecule has 3 rings (SSSR count). The first-order valence-electron chi connectivity index (χ1n) is 10.3. The van der Waals surface area contributed by atoms with Gasteiger partial charge in [0.1, 0.15) is 6.61 Å². The second-order valence-corrected chi connectivity index (χ2v) is 7.83. The number of carbonyl (C=O) groups excluding carboxylic acids is 1. The van der Waals surface area contributed by atoms with Gasteiger partial charge in [0.2, 0.25) is 11.8 Å². The minimum Gasteiger partial charge on any atom is -0.504 e. The average molecular weight is 431 g/mol. The molecule has 1 unspecified atom stereocenters. The molecule has 1 aliphatic heterocycles. The first-order chi connectivity index (χ1) is 14.9. The molecule has 1 N–H and O–H groups in total. The predicted octanol–water partition coefficient (Wildman–Crippen LogP) is 2.24. The first-order valence-corrected chi connectivity index (χ1v) is 10.3. The molecule has 0 radical (unpaired) electrons. The van der Waals surface area contributed by atoms with E-state index in [1.54, 1.807) is 25.1 Å². The highest BCUT2D eigenvalue weighted by molar-refractivity contribution is 5.79. The van der Waals surface area contributed by atoms with E-state index in [0.717, 1.165) is 5.56 Å². The van der Waals surface area contributed by atoms with E-state index >= 15 is 0 Å². The number of phenols is 1. The van der Waals surface area contributed by atoms with Crippen LogP contribution < -0.4 is 4.74 Å². The molecule has 1 aliphatic rings. The summed E-state index contributed by atoms with van der Waals surface area (Å²) in [5.41, 5.74) is 0.903. The molecule has 1 saturated heterocycles. The van der Waals surface area contributed by atoms with E-state index in [-0.39, 0.29) is 30.4 Å². The molecule has 0 spiro atoms. The van der Waals surface area contributed by atoms with Crippen molar-refractivity contribution in [3.05, 3.63) is 41.6 Å². The Morgan fingerprint density at radius 1 is 1.35 bits per heavy atom. The van der Waals surface area contributed by atoms with Gasteiger partial charge in [0.25, 0.3) is 0 Å². The zero-order valence-electron chi connectivity index (χ0n) is 18.4. The maximum Gasteiger partial charge on any atom is 0.237 e. The Bertz CT molecular complexity index is 911. The highest BCUT2D eigenvalue weighted by Crippen LogP contribution is 2.26. The van der Waals surface area contributed by atoms with E-state index < -0.39 is 0 Å². The van der Waals surface area contributed by atoms with Crippen molar-refractivity contribution in [3.8, 4) is 11.5 Å². The van der Waals surface area contributed by atoms with Gasteiger partial charge in [-0.15, -0.1) is 0 Å². The van der Waals surface area contributed by atoms with Crippen molar-refractivity contribution in [1.82, 2.24) is 19.9 Å². The Morgan fingerprint density at radius 3 is 2.84 bits per heavy atom. The van der Waals surface area contributed by atoms with Crippen molar-refractivity contribution in [2.75, 3.05) is 33.3 Å². The van der Waals surface area contributed by atoms with Gasteiger partial charge in [-0.05, 0) is 31.5 Å². The van der Waals surface area contributed by atoms with Crippen LogP contribution in [-0.4, -0.2) is 76.4 Å². The number of aromatic nitrogens is 2. The molecular weight excluding hydrogens is 400 g/mol. The number of methoxy groups -OCH3 is 1. The number of aryl methyl sites for hydroxylation is 1. The fraction of sp³-hybridized carbons (Fsp3) is 0.500. The van der Waals surface area contributed by atoms with Crippen LogP contribution in [0.1, 0.15) is 31.1 Å². The van der Waals surface area contributed by atoms with Crippen molar-refractivity contribution in [2.24, 2.45) is 0 Å². The summed E-state index contributed by atoms with van der Waals surface area (Å²) in [5.74, 6) is 1.59. The van der Waals surface area contributed by atoms with Gasteiger partial charge in [-0.1, -0.05) is 23.4 Å². The van der Waals surface area contributed by atoms with Crippen LogP contribution in [0.5, 0.6) is 11.5 Å². The van der Waals surface area contributed by atoms with Gasteiger partial charge < -0.3 is 24.0 Å². The van der Waals surface area contributed by atoms with E-state index in [9.17, 15) is 9.90 Å². The standard InChI is InChI=1S/C22H30N4O5/c1-15(2)26-12-18(30-14-21-23-16(3)31-24-21)11-25(13-22(26)28)9-5-6-17-7-8-19(27)20(10-17)29-4/h5-8,10,15,18,27H,9,11-14H2,1-4H3. The van der Waals surface area contributed by atoms with Crippen LogP contribution in [0.2, 0.25) is 0 Å². The van der Waals surface area contributed by atoms with Crippen molar-refractivity contribution in [1.29, 1.82) is 0 Å². The molecule has 2 aromatic rings. The third-order valence-electron chi connectivity index (χ3n) is 5.06. The summed E-state index contributed by atoms with van der Waals surface area (Å²) in [7, 11) is 1.52. The topological polar surface area (TPSA) is 101 Å². The van der Waals surface area contributed by atoms with Crippen LogP contribution in [0.4, 0.5) is 0 Å². The minimum absolute atomic E-state index is 0.0798. The van der Waals surface area contributed by atoms with E-state index in [0.29, 0.717) is 43.6 Å². The van der Waals surface area contributed by atoms with Gasteiger partial charge in [-0.2, -0.15) is 4.98 Å². The highest BCUT2D eigenvalue weighted by atomic mass is 16.5. The number of hydrogen-bond acceptors (Lipinski definition) is 8. The average Bonchev–Trinajstić information content (AvgIpc) is 3.07. The van der Waals surface area contributed by atoms with Crippen LogP contribution in [0.15, 0.2) is 28.8 Å². The quantitative estimate of drug-likeness (QED) is 0.681. The lowest BCUT2D eigenvalue weighted by Crippen LogP contribution is -2.42. The zero-order chi connectivity index (χ0) is 22.4. The van der Waals surface area contributed by atoms with Gasteiger partial charge in [0.15, 0.2) is 17.3 Å². The van der Waals surface area contributed by atoms with Crippen molar-refractivity contribution >= 4 is 12.0 Å². The summed E-state index contributed by atoms with van der Waals surface area (Å²) >= 11 is 0. The molecule has 1 aromatic heterocycles. The third-order valence-corrected chi connectivity index (χ3v) is 5.06. The molecule has 168 valence electrons. The molecule has 9 nitrogen and oxygen atoms in total. The molecule has 31 heavy (non-hydrogen) atoms. The molecule has 9 heteroatoms. The lowest BCUT2D eigenvalue weighted by Gasteiger charge is -2.27. The minimum atomic E-state index is -0.171. The van der Waals surface area contributed by atoms with Crippen LogP contribution in [0, 0.1) is 6.92 Å². The van der Waals surface area contributed by atoms with Crippen molar-refractivity contribution < 1.29 is 23.9 Å². The highest BCUT2D eigenvalue weighted by Gasteiger charge is 2.29. The summed E-state index contributed by atoms with van der Waals surface area (Å²) in [6.07, 6.45) is 3.76. The second-order valence-electron chi connectivity index (χ2n) is 7.83. The van der Waals surface area contributed by atoms with Crippen LogP contribution in [0.3, 0.4) is 0 Å². The number of nitrogens with zero attached hydrogens (tertiary/aromatic N) is 4. The normalized spacial score (nSPS) is 18.2. The van der Waals surface area contributed by atoms with Crippen molar-refractivity contribution in [2.45, 2.75) is 39.5 Å². The second kappa shape index (κ2) is 10.4. The largest absolute Gasteiger partial charge is 0.504 e. The number of carbonyl (C=O) groups is 1. The van der Waals surface area contributed by atoms with Crippen LogP contribution in [-0.2, 0) is 16.1 Å². The van der Waals surface area contributed by atoms with Gasteiger partial charge in [0.05, 0.1) is 19.8 Å². The van der Waals surface area contributed by atoms with E-state index in [1.807, 2.05) is 30.9 Å². The number of aromatic hydroxyl groups is 1. The lowest BCUT2D eigenvalue weighted by atomic mass is 10.2. The fourth-order valence-corrected chi connectivity index (χ4v) is 3.48. The molecule has 0 aliphatic carbocycles. The number of amides is 1. The summed E-state index contributed by atoms with van der Waals surface area (Å²) in [5, 5.41) is 13.6. The van der Waals surface area contributed by atoms with E-state index in [2.05, 4.69) is 15.0 Å². The Balaban J connectivity index is 1.65. The zero-order valence-corrected chi connectivity index (χ0v) is 18.4. The van der Waals surface area contributed by atoms with Gasteiger partial charge >= 0.3 is 0 Å². The predicted molar refractivity (Wildman–Crippen MR) is 115 cm³/mol. The molecule has 2 heterocycles. The maximum absolute atomic E-state index is 12.8. The van der Waals surface area contributed by atoms with E-state index in [4.69, 9.17) is 14.0 Å². The van der Waals surface area contributed by atoms with Crippen molar-refractivity contribution in [3.63, 3.8) is 0 Å². The Hall–Kier alpha value is -2.91. The number of phenolic OH excluding ortho intramolecular Hbond substituents is 1. The summed E-state index contributed by atoms with van der Waals surface area (Å²) in [4.78, 5) is 20.8. The van der Waals surface area contributed by atoms with Gasteiger partial charge in [-0.25, -0.2) is 0 Å². The number of hydrogen-bond donors (Lipinski definition) is 1. The van der Waals surface area contributed by atoms with Crippen LogP contribution >= 0.6 is 0 Å². The first kappa shape index (κ1) is 22.8. The van der Waals surface area contributed by atoms with E-state index in [1.165, 1.54) is 7.11 Å². The Labute approximate surface area is 182 Å². The summed E-state index contributed by atoms with van der Waals surface area (Å²) in [6.45, 7) is 8.01. The van der Waals surface area contributed by atoms with Gasteiger partial charge in [-0.3, -0.25) is 9.69 Å². The number of rotatable bonds is 8. The van der Waals surface area contributed by atoms with Gasteiger partial charge in [0, 0.05) is 32.6 Å². The number of benzene rings is 1. The molecule has 1 atom stereocenters. The smallest absolute Gasteiger partial charge is 0.237 e. The summed E-state index contributed by atoms with van der Waals surface area (Å²) in [6, 6.07) is 5.25. The molecule has 1 aromatic carbocycles. The monoisotopic (exact) mass is 430 g/mol. The Kier molecular flexibility index (Phi) is 7.64. The maximum atomic E-state index is 12.8. The SMILES string of the molecule is COc1cc(C=CCN2CC(=O)N(C(C)C)CC(OCc3noc(C)n3)C2)ccc1O. The molecular formula is C22H30N4O5. The third kappa shape index (κ3) is 6.28. The lowest BCUT2D eigenvalue weighted by molar-refractivity contribution is -0.133. The molecule has 0 saturated carbocycles. The summed E-state index contributed by atoms with van der Waals surface area (Å²) < 4.78 is 16.2. The molecule has 1 fully saturated rings. The molecule has 0 bridgehead atoms. The van der Waals surface area contributed by atoms with Crippen LogP contribution in [0.25, 0.3) is 6.08 Å². The number of ether oxygens (including phenoxy) is 2. The molecule has 1 amide bonds. The fourth-order valence-electron chi connectivity index (χ4n) is 3.48. The Morgan fingerprint density at radius 2 is 2.16 bits per heavy atom.